The SMILES string of the molecule is O=C1NC2(CO1)CN(C(=O)[C@H]1C[C@@H](OCc3ccc(C(F)(F)F)cc3F)C1)C2. The topological polar surface area (TPSA) is 67.9 Å². The first-order valence-corrected chi connectivity index (χ1v) is 8.86. The summed E-state index contributed by atoms with van der Waals surface area (Å²) in [7, 11) is 0. The molecule has 1 spiro atoms. The summed E-state index contributed by atoms with van der Waals surface area (Å²) >= 11 is 0. The number of likely N-dealkylation sites (tertiary alicyclic amines) is 1. The molecular weight excluding hydrogens is 384 g/mol. The molecule has 0 radical (unpaired) electrons. The Morgan fingerprint density at radius 1 is 1.32 bits per heavy atom. The van der Waals surface area contributed by atoms with E-state index in [4.69, 9.17) is 9.47 Å². The minimum atomic E-state index is -4.59. The monoisotopic (exact) mass is 402 g/mol. The smallest absolute Gasteiger partial charge is 0.416 e. The molecule has 4 rings (SSSR count). The average molecular weight is 402 g/mol. The highest BCUT2D eigenvalue weighted by Crippen LogP contribution is 2.36. The van der Waals surface area contributed by atoms with Gasteiger partial charge in [0.2, 0.25) is 5.91 Å². The predicted octanol–water partition coefficient (Wildman–Crippen LogP) is 2.46. The lowest BCUT2D eigenvalue weighted by molar-refractivity contribution is -0.153. The summed E-state index contributed by atoms with van der Waals surface area (Å²) in [6.45, 7) is 0.934. The van der Waals surface area contributed by atoms with Crippen molar-refractivity contribution in [2.75, 3.05) is 19.7 Å². The van der Waals surface area contributed by atoms with E-state index in [9.17, 15) is 27.2 Å². The molecule has 10 heteroatoms. The van der Waals surface area contributed by atoms with Crippen molar-refractivity contribution < 1.29 is 36.6 Å². The van der Waals surface area contributed by atoms with Crippen LogP contribution >= 0.6 is 0 Å². The second kappa shape index (κ2) is 6.61. The Labute approximate surface area is 157 Å². The molecule has 0 aromatic heterocycles. The van der Waals surface area contributed by atoms with Crippen molar-refractivity contribution in [1.29, 1.82) is 0 Å². The summed E-state index contributed by atoms with van der Waals surface area (Å²) in [6.07, 6.45) is -4.34. The maximum absolute atomic E-state index is 13.8. The van der Waals surface area contributed by atoms with Gasteiger partial charge in [0.15, 0.2) is 0 Å². The van der Waals surface area contributed by atoms with Gasteiger partial charge in [-0.3, -0.25) is 4.79 Å². The highest BCUT2D eigenvalue weighted by molar-refractivity contribution is 5.82. The standard InChI is InChI=1S/C18H18F4N2O4/c19-14-5-12(18(20,21)22)2-1-10(14)6-27-13-3-11(4-13)15(25)24-7-17(8-24)9-28-16(26)23-17/h1-2,5,11,13H,3-4,6-9H2,(H,23,26)/t11-,13+. The molecule has 1 aromatic rings. The minimum absolute atomic E-state index is 0.0210. The molecule has 0 atom stereocenters. The molecule has 1 saturated carbocycles. The number of halogens is 4. The van der Waals surface area contributed by atoms with Gasteiger partial charge in [-0.1, -0.05) is 6.07 Å². The Balaban J connectivity index is 1.21. The largest absolute Gasteiger partial charge is 0.447 e. The minimum Gasteiger partial charge on any atom is -0.447 e. The number of nitrogens with zero attached hydrogens (tertiary/aromatic N) is 1. The third-order valence-corrected chi connectivity index (χ3v) is 5.44. The first kappa shape index (κ1) is 19.0. The van der Waals surface area contributed by atoms with Gasteiger partial charge in [0.05, 0.1) is 18.3 Å². The van der Waals surface area contributed by atoms with E-state index in [-0.39, 0.29) is 36.7 Å². The zero-order valence-corrected chi connectivity index (χ0v) is 14.7. The maximum atomic E-state index is 13.8. The second-order valence-corrected chi connectivity index (χ2v) is 7.58. The summed E-state index contributed by atoms with van der Waals surface area (Å²) in [6, 6.07) is 2.34. The van der Waals surface area contributed by atoms with Crippen LogP contribution in [-0.2, 0) is 27.1 Å². The number of alkyl halides is 3. The van der Waals surface area contributed by atoms with Crippen molar-refractivity contribution in [2.45, 2.75) is 37.3 Å². The second-order valence-electron chi connectivity index (χ2n) is 7.58. The molecule has 2 aliphatic heterocycles. The van der Waals surface area contributed by atoms with Gasteiger partial charge in [-0.15, -0.1) is 0 Å². The van der Waals surface area contributed by atoms with Gasteiger partial charge in [-0.25, -0.2) is 9.18 Å². The summed E-state index contributed by atoms with van der Waals surface area (Å²) < 4.78 is 61.8. The number of amides is 2. The van der Waals surface area contributed by atoms with Crippen LogP contribution in [0.1, 0.15) is 24.0 Å². The molecule has 0 bridgehead atoms. The highest BCUT2D eigenvalue weighted by atomic mass is 19.4. The Hall–Kier alpha value is -2.36. The fraction of sp³-hybridized carbons (Fsp3) is 0.556. The number of nitrogens with one attached hydrogen (secondary N) is 1. The molecule has 1 aromatic carbocycles. The van der Waals surface area contributed by atoms with Crippen molar-refractivity contribution in [2.24, 2.45) is 5.92 Å². The fourth-order valence-electron chi connectivity index (χ4n) is 3.71. The Kier molecular flexibility index (Phi) is 4.48. The molecule has 3 fully saturated rings. The Bertz CT molecular complexity index is 801. The van der Waals surface area contributed by atoms with Gasteiger partial charge < -0.3 is 19.7 Å². The van der Waals surface area contributed by atoms with E-state index in [1.54, 1.807) is 4.90 Å². The zero-order valence-electron chi connectivity index (χ0n) is 14.7. The molecule has 3 aliphatic rings. The first-order chi connectivity index (χ1) is 13.2. The highest BCUT2D eigenvalue weighted by Gasteiger charge is 2.53. The number of hydrogen-bond acceptors (Lipinski definition) is 4. The van der Waals surface area contributed by atoms with Crippen LogP contribution in [0.15, 0.2) is 18.2 Å². The van der Waals surface area contributed by atoms with Crippen LogP contribution in [0.3, 0.4) is 0 Å². The van der Waals surface area contributed by atoms with Gasteiger partial charge in [0.1, 0.15) is 18.0 Å². The van der Waals surface area contributed by atoms with E-state index in [0.717, 1.165) is 12.1 Å². The molecule has 6 nitrogen and oxygen atoms in total. The lowest BCUT2D eigenvalue weighted by atomic mass is 9.79. The van der Waals surface area contributed by atoms with Crippen LogP contribution in [-0.4, -0.2) is 48.2 Å². The van der Waals surface area contributed by atoms with Gasteiger partial charge in [-0.05, 0) is 25.0 Å². The summed E-state index contributed by atoms with van der Waals surface area (Å²) in [5, 5.41) is 2.71. The van der Waals surface area contributed by atoms with Crippen LogP contribution < -0.4 is 5.32 Å². The lowest BCUT2D eigenvalue weighted by Gasteiger charge is -2.48. The normalized spacial score (nSPS) is 25.7. The van der Waals surface area contributed by atoms with E-state index < -0.39 is 29.2 Å². The van der Waals surface area contributed by atoms with E-state index >= 15 is 0 Å². The molecule has 28 heavy (non-hydrogen) atoms. The molecule has 152 valence electrons. The van der Waals surface area contributed by atoms with Gasteiger partial charge in [0, 0.05) is 24.6 Å². The van der Waals surface area contributed by atoms with E-state index in [1.165, 1.54) is 0 Å². The van der Waals surface area contributed by atoms with Crippen molar-refractivity contribution in [1.82, 2.24) is 10.2 Å². The van der Waals surface area contributed by atoms with Crippen LogP contribution in [0.2, 0.25) is 0 Å². The van der Waals surface area contributed by atoms with Gasteiger partial charge >= 0.3 is 12.3 Å². The lowest BCUT2D eigenvalue weighted by Crippen LogP contribution is -2.71. The Morgan fingerprint density at radius 2 is 2.04 bits per heavy atom. The zero-order chi connectivity index (χ0) is 20.1. The first-order valence-electron chi connectivity index (χ1n) is 8.86. The molecule has 2 amide bonds. The quantitative estimate of drug-likeness (QED) is 0.786. The summed E-state index contributed by atoms with van der Waals surface area (Å²) in [5.41, 5.74) is -1.46. The number of rotatable bonds is 4. The van der Waals surface area contributed by atoms with E-state index in [1.807, 2.05) is 0 Å². The van der Waals surface area contributed by atoms with Gasteiger partial charge in [0.25, 0.3) is 0 Å². The summed E-state index contributed by atoms with van der Waals surface area (Å²) in [5.74, 6) is -1.18. The number of alkyl carbamates (subject to hydrolysis) is 1. The number of benzene rings is 1. The molecule has 2 heterocycles. The summed E-state index contributed by atoms with van der Waals surface area (Å²) in [4.78, 5) is 25.2. The third-order valence-electron chi connectivity index (χ3n) is 5.44. The van der Waals surface area contributed by atoms with Crippen molar-refractivity contribution in [3.05, 3.63) is 35.1 Å². The van der Waals surface area contributed by atoms with Crippen LogP contribution in [0.5, 0.6) is 0 Å². The molecular formula is C18H18F4N2O4. The molecule has 0 unspecified atom stereocenters. The molecule has 1 N–H and O–H groups in total. The average Bonchev–Trinajstić information content (AvgIpc) is 2.94. The van der Waals surface area contributed by atoms with E-state index in [0.29, 0.717) is 32.0 Å². The van der Waals surface area contributed by atoms with Crippen LogP contribution in [0.4, 0.5) is 22.4 Å². The van der Waals surface area contributed by atoms with Gasteiger partial charge in [-0.2, -0.15) is 13.2 Å². The van der Waals surface area contributed by atoms with Crippen LogP contribution in [0.25, 0.3) is 0 Å². The van der Waals surface area contributed by atoms with Crippen LogP contribution in [0, 0.1) is 11.7 Å². The number of carbonyl (C=O) groups is 2. The number of hydrogen-bond donors (Lipinski definition) is 1. The van der Waals surface area contributed by atoms with E-state index in [2.05, 4.69) is 5.32 Å². The van der Waals surface area contributed by atoms with Crippen molar-refractivity contribution >= 4 is 12.0 Å². The fourth-order valence-corrected chi connectivity index (χ4v) is 3.71. The molecule has 2 saturated heterocycles. The maximum Gasteiger partial charge on any atom is 0.416 e. The number of cyclic esters (lactones) is 1. The van der Waals surface area contributed by atoms with Crippen molar-refractivity contribution in [3.63, 3.8) is 0 Å². The van der Waals surface area contributed by atoms with Crippen molar-refractivity contribution in [3.8, 4) is 0 Å². The number of ether oxygens (including phenoxy) is 2. The number of carbonyl (C=O) groups excluding carboxylic acids is 2. The Morgan fingerprint density at radius 3 is 2.61 bits per heavy atom. The third kappa shape index (κ3) is 3.52. The molecule has 1 aliphatic carbocycles. The predicted molar refractivity (Wildman–Crippen MR) is 86.5 cm³/mol.